The average Bonchev–Trinajstić information content (AvgIpc) is 2.36. The lowest BCUT2D eigenvalue weighted by Gasteiger charge is -2.52. The smallest absolute Gasteiger partial charge is 0.0260 e. The van der Waals surface area contributed by atoms with Crippen molar-refractivity contribution in [1.82, 2.24) is 0 Å². The topological polar surface area (TPSA) is 0 Å². The molecule has 4 heteroatoms. The van der Waals surface area contributed by atoms with Gasteiger partial charge in [0.1, 0.15) is 0 Å². The summed E-state index contributed by atoms with van der Waals surface area (Å²) in [6.07, 6.45) is 4.58. The van der Waals surface area contributed by atoms with Gasteiger partial charge in [-0.25, -0.2) is 0 Å². The van der Waals surface area contributed by atoms with Gasteiger partial charge in [-0.1, -0.05) is 12.2 Å². The van der Waals surface area contributed by atoms with Crippen LogP contribution in [0.25, 0.3) is 0 Å². The van der Waals surface area contributed by atoms with Crippen molar-refractivity contribution >= 4 is 46.4 Å². The van der Waals surface area contributed by atoms with Gasteiger partial charge in [-0.2, -0.15) is 0 Å². The van der Waals surface area contributed by atoms with Crippen LogP contribution in [0.1, 0.15) is 0 Å². The molecule has 0 nitrogen and oxygen atoms in total. The van der Waals surface area contributed by atoms with Gasteiger partial charge >= 0.3 is 0 Å². The van der Waals surface area contributed by atoms with E-state index in [-0.39, 0.29) is 0 Å². The van der Waals surface area contributed by atoms with Crippen molar-refractivity contribution in [2.75, 3.05) is 23.5 Å². The zero-order chi connectivity index (χ0) is 11.7. The highest BCUT2D eigenvalue weighted by Crippen LogP contribution is 2.52. The van der Waals surface area contributed by atoms with Crippen LogP contribution in [0.15, 0.2) is 12.2 Å². The fraction of sp³-hybridized carbons (Fsp3) is 0.833. The predicted octanol–water partition coefficient (Wildman–Crippen LogP) is 4.22. The molecule has 92 valence electrons. The van der Waals surface area contributed by atoms with Crippen LogP contribution in [0.2, 0.25) is 0 Å². The van der Waals surface area contributed by atoms with Crippen LogP contribution >= 0.6 is 46.4 Å². The molecule has 1 fully saturated rings. The largest absolute Gasteiger partial charge is 0.126 e. The minimum atomic E-state index is 0.465. The normalized spacial score (nSPS) is 46.2. The van der Waals surface area contributed by atoms with Crippen LogP contribution in [-0.2, 0) is 0 Å². The van der Waals surface area contributed by atoms with Crippen molar-refractivity contribution in [3.8, 4) is 0 Å². The summed E-state index contributed by atoms with van der Waals surface area (Å²) in [7, 11) is 0. The Bertz CT molecular complexity index is 220. The monoisotopic (exact) mass is 300 g/mol. The molecule has 0 radical (unpaired) electrons. The van der Waals surface area contributed by atoms with Gasteiger partial charge in [0.15, 0.2) is 0 Å². The summed E-state index contributed by atoms with van der Waals surface area (Å²) in [6.45, 7) is 0. The van der Waals surface area contributed by atoms with E-state index in [1.54, 1.807) is 0 Å². The summed E-state index contributed by atoms with van der Waals surface area (Å²) in [5.41, 5.74) is 0. The number of fused-ring (bicyclic) bond motifs is 2. The van der Waals surface area contributed by atoms with Gasteiger partial charge in [-0.3, -0.25) is 0 Å². The lowest BCUT2D eigenvalue weighted by molar-refractivity contribution is 0.0502. The quantitative estimate of drug-likeness (QED) is 0.539. The maximum atomic E-state index is 6.09. The van der Waals surface area contributed by atoms with E-state index in [0.29, 0.717) is 59.0 Å². The molecule has 0 aliphatic heterocycles. The fourth-order valence-electron chi connectivity index (χ4n) is 3.47. The summed E-state index contributed by atoms with van der Waals surface area (Å²) in [5.74, 6) is 5.50. The lowest BCUT2D eigenvalue weighted by Crippen LogP contribution is -2.50. The van der Waals surface area contributed by atoms with E-state index < -0.39 is 0 Å². The number of alkyl halides is 4. The molecule has 2 bridgehead atoms. The van der Waals surface area contributed by atoms with E-state index in [4.69, 9.17) is 46.4 Å². The van der Waals surface area contributed by atoms with Crippen molar-refractivity contribution in [2.24, 2.45) is 35.5 Å². The number of allylic oxidation sites excluding steroid dienone is 2. The first-order valence-corrected chi connectivity index (χ1v) is 7.84. The average molecular weight is 302 g/mol. The molecule has 1 saturated carbocycles. The summed E-state index contributed by atoms with van der Waals surface area (Å²) in [6, 6.07) is 0. The highest BCUT2D eigenvalue weighted by atomic mass is 35.5. The number of halogens is 4. The first kappa shape index (κ1) is 13.3. The third-order valence-electron chi connectivity index (χ3n) is 4.35. The second-order valence-corrected chi connectivity index (χ2v) is 6.05. The number of hydrogen-bond acceptors (Lipinski definition) is 0. The molecule has 0 amide bonds. The van der Waals surface area contributed by atoms with Crippen LogP contribution in [0.5, 0.6) is 0 Å². The zero-order valence-electron chi connectivity index (χ0n) is 8.96. The molecule has 0 saturated heterocycles. The molecule has 0 aromatic heterocycles. The van der Waals surface area contributed by atoms with Crippen LogP contribution in [0.3, 0.4) is 0 Å². The van der Waals surface area contributed by atoms with E-state index in [1.807, 2.05) is 0 Å². The molecule has 3 aliphatic carbocycles. The number of hydrogen-bond donors (Lipinski definition) is 0. The Morgan fingerprint density at radius 3 is 1.00 bits per heavy atom. The Morgan fingerprint density at radius 1 is 0.562 bits per heavy atom. The predicted molar refractivity (Wildman–Crippen MR) is 73.0 cm³/mol. The van der Waals surface area contributed by atoms with Crippen molar-refractivity contribution in [3.63, 3.8) is 0 Å². The first-order chi connectivity index (χ1) is 7.78. The van der Waals surface area contributed by atoms with Crippen molar-refractivity contribution in [3.05, 3.63) is 12.2 Å². The van der Waals surface area contributed by atoms with Gasteiger partial charge in [0.05, 0.1) is 0 Å². The highest BCUT2D eigenvalue weighted by molar-refractivity contribution is 6.20. The van der Waals surface area contributed by atoms with Gasteiger partial charge in [0, 0.05) is 23.5 Å². The van der Waals surface area contributed by atoms with Gasteiger partial charge in [-0.15, -0.1) is 46.4 Å². The minimum absolute atomic E-state index is 0.465. The lowest BCUT2D eigenvalue weighted by atomic mass is 9.55. The van der Waals surface area contributed by atoms with Crippen LogP contribution < -0.4 is 0 Å². The van der Waals surface area contributed by atoms with E-state index in [9.17, 15) is 0 Å². The molecule has 0 aromatic carbocycles. The molecule has 3 aliphatic rings. The first-order valence-electron chi connectivity index (χ1n) is 5.70. The Balaban J connectivity index is 2.29. The second-order valence-electron chi connectivity index (χ2n) is 4.81. The Hall–Kier alpha value is 0.900. The Morgan fingerprint density at radius 2 is 0.812 bits per heavy atom. The van der Waals surface area contributed by atoms with Crippen LogP contribution in [0, 0.1) is 35.5 Å². The summed E-state index contributed by atoms with van der Waals surface area (Å²) in [4.78, 5) is 0. The van der Waals surface area contributed by atoms with Gasteiger partial charge in [0.25, 0.3) is 0 Å². The van der Waals surface area contributed by atoms with Gasteiger partial charge in [0.2, 0.25) is 0 Å². The highest BCUT2D eigenvalue weighted by Gasteiger charge is 2.49. The van der Waals surface area contributed by atoms with E-state index in [1.165, 1.54) is 0 Å². The minimum Gasteiger partial charge on any atom is -0.126 e. The fourth-order valence-corrected chi connectivity index (χ4v) is 5.21. The molecule has 0 heterocycles. The number of rotatable bonds is 4. The molecule has 4 atom stereocenters. The van der Waals surface area contributed by atoms with Crippen molar-refractivity contribution in [1.29, 1.82) is 0 Å². The molecule has 3 rings (SSSR count). The molecular formula is C12H16Cl4. The van der Waals surface area contributed by atoms with Crippen LogP contribution in [-0.4, -0.2) is 23.5 Å². The van der Waals surface area contributed by atoms with E-state index in [2.05, 4.69) is 12.2 Å². The summed E-state index contributed by atoms with van der Waals surface area (Å²) < 4.78 is 0. The molecule has 0 aromatic rings. The maximum absolute atomic E-state index is 6.09. The summed E-state index contributed by atoms with van der Waals surface area (Å²) >= 11 is 24.4. The van der Waals surface area contributed by atoms with Crippen LogP contribution in [0.4, 0.5) is 0 Å². The summed E-state index contributed by atoms with van der Waals surface area (Å²) in [5, 5.41) is 0. The maximum Gasteiger partial charge on any atom is 0.0260 e. The Kier molecular flexibility index (Phi) is 4.74. The van der Waals surface area contributed by atoms with Gasteiger partial charge in [-0.05, 0) is 35.5 Å². The van der Waals surface area contributed by atoms with E-state index in [0.717, 1.165) is 0 Å². The van der Waals surface area contributed by atoms with Gasteiger partial charge < -0.3 is 0 Å². The Labute approximate surface area is 117 Å². The van der Waals surface area contributed by atoms with E-state index >= 15 is 0 Å². The molecule has 0 unspecified atom stereocenters. The molecular weight excluding hydrogens is 286 g/mol. The zero-order valence-corrected chi connectivity index (χ0v) is 12.0. The molecule has 0 N–H and O–H groups in total. The van der Waals surface area contributed by atoms with Crippen molar-refractivity contribution < 1.29 is 0 Å². The molecule has 0 spiro atoms. The standard InChI is InChI=1S/C12H16Cl4/c13-3-9-7-1-2-8(11(9)5-15)12(6-16)10(7)4-14/h1-2,7-12H,3-6H2/t7?,8?,9-,10-,11-,12-/m1/s1. The SMILES string of the molecule is ClC[C@@H]1C2C=CC([C@H]1CCl)[C@@H](CCl)[C@@H]2CCl. The third kappa shape index (κ3) is 2.00. The third-order valence-corrected chi connectivity index (χ3v) is 5.77. The second kappa shape index (κ2) is 5.69. The molecule has 16 heavy (non-hydrogen) atoms. The van der Waals surface area contributed by atoms with Crippen molar-refractivity contribution in [2.45, 2.75) is 0 Å².